The van der Waals surface area contributed by atoms with Crippen LogP contribution in [0.4, 0.5) is 5.69 Å². The molecule has 0 aromatic heterocycles. The minimum Gasteiger partial charge on any atom is -0.478 e. The first kappa shape index (κ1) is 26.4. The van der Waals surface area contributed by atoms with E-state index in [2.05, 4.69) is 21.8 Å². The molecule has 0 spiro atoms. The summed E-state index contributed by atoms with van der Waals surface area (Å²) in [5, 5.41) is 9.88. The number of carboxylic acid groups (broad SMARTS) is 1. The van der Waals surface area contributed by atoms with Gasteiger partial charge in [-0.3, -0.25) is 0 Å². The monoisotopic (exact) mass is 524 g/mol. The molecule has 3 aromatic rings. The summed E-state index contributed by atoms with van der Waals surface area (Å²) in [5.41, 5.74) is 4.66. The maximum atomic E-state index is 13.3. The van der Waals surface area contributed by atoms with Crippen LogP contribution in [-0.4, -0.2) is 33.1 Å². The summed E-state index contributed by atoms with van der Waals surface area (Å²) >= 11 is 6.14. The molecule has 0 aliphatic carbocycles. The smallest absolute Gasteiger partial charge is 0.335 e. The lowest BCUT2D eigenvalue weighted by Crippen LogP contribution is -2.42. The van der Waals surface area contributed by atoms with Crippen LogP contribution in [-0.2, 0) is 11.0 Å². The van der Waals surface area contributed by atoms with Gasteiger partial charge in [-0.1, -0.05) is 48.0 Å². The Balaban J connectivity index is 1.60. The highest BCUT2D eigenvalue weighted by atomic mass is 35.5. The molecule has 36 heavy (non-hydrogen) atoms. The van der Waals surface area contributed by atoms with Crippen molar-refractivity contribution in [3.63, 3.8) is 0 Å². The van der Waals surface area contributed by atoms with Crippen LogP contribution in [0.15, 0.2) is 72.8 Å². The fraction of sp³-hybridized carbons (Fsp3) is 0.345. The van der Waals surface area contributed by atoms with Gasteiger partial charge in [0.2, 0.25) is 0 Å². The van der Waals surface area contributed by atoms with E-state index in [4.69, 9.17) is 11.6 Å². The molecule has 0 amide bonds. The lowest BCUT2D eigenvalue weighted by Gasteiger charge is -2.39. The lowest BCUT2D eigenvalue weighted by molar-refractivity contribution is 0.0697. The number of carbonyl (C=O) groups is 1. The summed E-state index contributed by atoms with van der Waals surface area (Å²) in [6.45, 7) is 7.66. The van der Waals surface area contributed by atoms with Crippen LogP contribution in [0.5, 0.6) is 0 Å². The number of piperidine rings is 1. The van der Waals surface area contributed by atoms with Crippen molar-refractivity contribution in [3.05, 3.63) is 88.9 Å². The average Bonchev–Trinajstić information content (AvgIpc) is 2.87. The van der Waals surface area contributed by atoms with E-state index in [1.165, 1.54) is 0 Å². The van der Waals surface area contributed by atoms with E-state index in [1.54, 1.807) is 12.1 Å². The average molecular weight is 525 g/mol. The minimum atomic E-state index is -1.23. The summed E-state index contributed by atoms with van der Waals surface area (Å²) in [6, 6.07) is 23.2. The third-order valence-electron chi connectivity index (χ3n) is 6.73. The number of hydrogen-bond acceptors (Lipinski definition) is 3. The third-order valence-corrected chi connectivity index (χ3v) is 8.56. The van der Waals surface area contributed by atoms with Crippen LogP contribution in [0.3, 0.4) is 0 Å². The van der Waals surface area contributed by atoms with Gasteiger partial charge in [0.1, 0.15) is 0 Å². The number of aromatic carboxylic acids is 1. The molecule has 0 bridgehead atoms. The SMILES string of the molecule is CC(C)(C)S(=O)NC(c1ccccc1-c1ccc(Cl)cc1)C1CCN(c2ccc(C(=O)O)cc2)CC1. The minimum absolute atomic E-state index is 0.0755. The Morgan fingerprint density at radius 2 is 1.61 bits per heavy atom. The van der Waals surface area contributed by atoms with Crippen LogP contribution in [0, 0.1) is 5.92 Å². The number of carboxylic acids is 1. The van der Waals surface area contributed by atoms with Crippen molar-refractivity contribution < 1.29 is 14.1 Å². The lowest BCUT2D eigenvalue weighted by atomic mass is 9.83. The molecular weight excluding hydrogens is 492 g/mol. The van der Waals surface area contributed by atoms with Crippen molar-refractivity contribution >= 4 is 34.2 Å². The largest absolute Gasteiger partial charge is 0.478 e. The Morgan fingerprint density at radius 3 is 2.19 bits per heavy atom. The first-order chi connectivity index (χ1) is 17.1. The number of rotatable bonds is 7. The molecule has 1 heterocycles. The van der Waals surface area contributed by atoms with Gasteiger partial charge in [0.05, 0.1) is 21.3 Å². The zero-order valence-electron chi connectivity index (χ0n) is 20.9. The van der Waals surface area contributed by atoms with Crippen molar-refractivity contribution in [2.24, 2.45) is 5.92 Å². The van der Waals surface area contributed by atoms with Gasteiger partial charge >= 0.3 is 5.97 Å². The fourth-order valence-electron chi connectivity index (χ4n) is 4.67. The molecule has 2 N–H and O–H groups in total. The Kier molecular flexibility index (Phi) is 8.18. The van der Waals surface area contributed by atoms with Crippen molar-refractivity contribution in [1.29, 1.82) is 0 Å². The molecule has 3 aromatic carbocycles. The summed E-state index contributed by atoms with van der Waals surface area (Å²) < 4.78 is 16.4. The predicted octanol–water partition coefficient (Wildman–Crippen LogP) is 6.71. The van der Waals surface area contributed by atoms with E-state index in [-0.39, 0.29) is 10.8 Å². The Labute approximate surface area is 221 Å². The molecule has 1 saturated heterocycles. The normalized spacial score (nSPS) is 16.5. The summed E-state index contributed by atoms with van der Waals surface area (Å²) in [7, 11) is -1.23. The van der Waals surface area contributed by atoms with Crippen LogP contribution in [0.1, 0.15) is 55.6 Å². The molecule has 1 aliphatic heterocycles. The van der Waals surface area contributed by atoms with Gasteiger partial charge in [0.15, 0.2) is 0 Å². The molecule has 7 heteroatoms. The summed E-state index contributed by atoms with van der Waals surface area (Å²) in [4.78, 5) is 13.5. The van der Waals surface area contributed by atoms with Gasteiger partial charge in [-0.25, -0.2) is 13.7 Å². The van der Waals surface area contributed by atoms with E-state index in [0.717, 1.165) is 48.3 Å². The maximum absolute atomic E-state index is 13.3. The molecule has 190 valence electrons. The van der Waals surface area contributed by atoms with Crippen LogP contribution in [0.2, 0.25) is 5.02 Å². The van der Waals surface area contributed by atoms with Gasteiger partial charge in [-0.2, -0.15) is 0 Å². The standard InChI is InChI=1S/C29H33ClN2O3S/c1-29(2,3)36(35)31-27(26-7-5-4-6-25(26)20-8-12-23(30)13-9-20)21-16-18-32(19-17-21)24-14-10-22(11-15-24)28(33)34/h4-15,21,27,31H,16-19H2,1-3H3,(H,33,34). The van der Waals surface area contributed by atoms with E-state index >= 15 is 0 Å². The van der Waals surface area contributed by atoms with Crippen LogP contribution < -0.4 is 9.62 Å². The van der Waals surface area contributed by atoms with Gasteiger partial charge in [0.25, 0.3) is 0 Å². The first-order valence-electron chi connectivity index (χ1n) is 12.2. The second kappa shape index (κ2) is 11.2. The second-order valence-electron chi connectivity index (χ2n) is 10.2. The molecule has 2 atom stereocenters. The topological polar surface area (TPSA) is 69.6 Å². The highest BCUT2D eigenvalue weighted by molar-refractivity contribution is 7.84. The van der Waals surface area contributed by atoms with Crippen LogP contribution >= 0.6 is 11.6 Å². The first-order valence-corrected chi connectivity index (χ1v) is 13.8. The summed E-state index contributed by atoms with van der Waals surface area (Å²) in [5.74, 6) is -0.625. The number of halogens is 1. The molecule has 0 radical (unpaired) electrons. The molecule has 0 saturated carbocycles. The van der Waals surface area contributed by atoms with Gasteiger partial charge in [-0.15, -0.1) is 0 Å². The number of nitrogens with zero attached hydrogens (tertiary/aromatic N) is 1. The predicted molar refractivity (Wildman–Crippen MR) is 149 cm³/mol. The number of hydrogen-bond donors (Lipinski definition) is 2. The van der Waals surface area contributed by atoms with E-state index in [9.17, 15) is 14.1 Å². The highest BCUT2D eigenvalue weighted by Crippen LogP contribution is 2.38. The van der Waals surface area contributed by atoms with Crippen LogP contribution in [0.25, 0.3) is 11.1 Å². The zero-order chi connectivity index (χ0) is 25.9. The van der Waals surface area contributed by atoms with E-state index in [0.29, 0.717) is 16.5 Å². The van der Waals surface area contributed by atoms with E-state index in [1.807, 2.05) is 69.3 Å². The van der Waals surface area contributed by atoms with Crippen molar-refractivity contribution in [3.8, 4) is 11.1 Å². The fourth-order valence-corrected chi connectivity index (χ4v) is 5.70. The number of anilines is 1. The summed E-state index contributed by atoms with van der Waals surface area (Å²) in [6.07, 6.45) is 1.85. The quantitative estimate of drug-likeness (QED) is 0.360. The third kappa shape index (κ3) is 6.17. The maximum Gasteiger partial charge on any atom is 0.335 e. The van der Waals surface area contributed by atoms with Crippen molar-refractivity contribution in [1.82, 2.24) is 4.72 Å². The molecule has 5 nitrogen and oxygen atoms in total. The zero-order valence-corrected chi connectivity index (χ0v) is 22.5. The number of nitrogens with one attached hydrogen (secondary N) is 1. The molecular formula is C29H33ClN2O3S. The van der Waals surface area contributed by atoms with Gasteiger partial charge < -0.3 is 10.0 Å². The Morgan fingerprint density at radius 1 is 1.00 bits per heavy atom. The van der Waals surface area contributed by atoms with Crippen molar-refractivity contribution in [2.75, 3.05) is 18.0 Å². The molecule has 2 unspecified atom stereocenters. The Bertz CT molecular complexity index is 1210. The van der Waals surface area contributed by atoms with Crippen molar-refractivity contribution in [2.45, 2.75) is 44.4 Å². The second-order valence-corrected chi connectivity index (χ2v) is 12.7. The molecule has 1 fully saturated rings. The molecule has 4 rings (SSSR count). The highest BCUT2D eigenvalue weighted by Gasteiger charge is 2.33. The Hall–Kier alpha value is -2.67. The van der Waals surface area contributed by atoms with Gasteiger partial charge in [-0.05, 0) is 92.6 Å². The molecule has 1 aliphatic rings. The van der Waals surface area contributed by atoms with E-state index < -0.39 is 17.0 Å². The van der Waals surface area contributed by atoms with Gasteiger partial charge in [0, 0.05) is 29.8 Å². The number of benzene rings is 3.